The highest BCUT2D eigenvalue weighted by atomic mass is 35.5. The van der Waals surface area contributed by atoms with Crippen molar-refractivity contribution >= 4 is 11.6 Å². The Morgan fingerprint density at radius 1 is 1.13 bits per heavy atom. The van der Waals surface area contributed by atoms with E-state index in [0.717, 1.165) is 29.7 Å². The maximum Gasteiger partial charge on any atom is 0.119 e. The van der Waals surface area contributed by atoms with Crippen molar-refractivity contribution in [2.75, 3.05) is 6.61 Å². The number of benzene rings is 1. The van der Waals surface area contributed by atoms with Crippen molar-refractivity contribution in [3.05, 3.63) is 29.3 Å². The molecule has 0 aromatic heterocycles. The van der Waals surface area contributed by atoms with E-state index < -0.39 is 0 Å². The third-order valence-corrected chi connectivity index (χ3v) is 2.51. The minimum absolute atomic E-state index is 0.752. The van der Waals surface area contributed by atoms with E-state index in [9.17, 15) is 0 Å². The largest absolute Gasteiger partial charge is 0.494 e. The van der Waals surface area contributed by atoms with Gasteiger partial charge in [0.25, 0.3) is 0 Å². The monoisotopic (exact) mass is 226 g/mol. The van der Waals surface area contributed by atoms with Gasteiger partial charge in [0.1, 0.15) is 5.75 Å². The van der Waals surface area contributed by atoms with Crippen molar-refractivity contribution < 1.29 is 4.74 Å². The van der Waals surface area contributed by atoms with E-state index in [2.05, 4.69) is 13.8 Å². The zero-order valence-electron chi connectivity index (χ0n) is 9.50. The van der Waals surface area contributed by atoms with Crippen LogP contribution in [0.2, 0.25) is 5.02 Å². The first-order valence-electron chi connectivity index (χ1n) is 5.57. The van der Waals surface area contributed by atoms with E-state index in [1.165, 1.54) is 12.8 Å². The third-order valence-electron chi connectivity index (χ3n) is 2.26. The summed E-state index contributed by atoms with van der Waals surface area (Å²) in [6.07, 6.45) is 3.65. The molecule has 0 amide bonds. The molecule has 0 aliphatic rings. The molecule has 0 N–H and O–H groups in total. The quantitative estimate of drug-likeness (QED) is 0.647. The van der Waals surface area contributed by atoms with Crippen LogP contribution in [0.15, 0.2) is 24.3 Å². The molecule has 84 valence electrons. The summed E-state index contributed by atoms with van der Waals surface area (Å²) in [5.74, 6) is 1.70. The van der Waals surface area contributed by atoms with E-state index in [0.29, 0.717) is 0 Å². The minimum atomic E-state index is 0.752. The van der Waals surface area contributed by atoms with Gasteiger partial charge in [0, 0.05) is 5.02 Å². The zero-order valence-corrected chi connectivity index (χ0v) is 10.3. The highest BCUT2D eigenvalue weighted by Crippen LogP contribution is 2.16. The molecule has 1 rings (SSSR count). The summed E-state index contributed by atoms with van der Waals surface area (Å²) in [5, 5.41) is 0.752. The molecule has 0 heterocycles. The Morgan fingerprint density at radius 2 is 1.80 bits per heavy atom. The van der Waals surface area contributed by atoms with Gasteiger partial charge in [-0.05, 0) is 43.0 Å². The van der Waals surface area contributed by atoms with Gasteiger partial charge in [-0.25, -0.2) is 0 Å². The summed E-state index contributed by atoms with van der Waals surface area (Å²) in [6, 6.07) is 7.52. The number of ether oxygens (including phenoxy) is 1. The smallest absolute Gasteiger partial charge is 0.119 e. The second-order valence-corrected chi connectivity index (χ2v) is 4.63. The summed E-state index contributed by atoms with van der Waals surface area (Å²) in [5.41, 5.74) is 0. The van der Waals surface area contributed by atoms with Gasteiger partial charge in [-0.2, -0.15) is 0 Å². The molecule has 0 radical (unpaired) electrons. The topological polar surface area (TPSA) is 9.23 Å². The van der Waals surface area contributed by atoms with Gasteiger partial charge >= 0.3 is 0 Å². The first-order valence-corrected chi connectivity index (χ1v) is 5.94. The molecule has 15 heavy (non-hydrogen) atoms. The lowest BCUT2D eigenvalue weighted by atomic mass is 10.1. The van der Waals surface area contributed by atoms with Gasteiger partial charge in [-0.3, -0.25) is 0 Å². The molecule has 0 aliphatic heterocycles. The molecular weight excluding hydrogens is 208 g/mol. The molecule has 0 saturated heterocycles. The van der Waals surface area contributed by atoms with E-state index in [1.54, 1.807) is 0 Å². The fourth-order valence-electron chi connectivity index (χ4n) is 1.38. The summed E-state index contributed by atoms with van der Waals surface area (Å²) in [4.78, 5) is 0. The molecule has 0 fully saturated rings. The highest BCUT2D eigenvalue weighted by Gasteiger charge is 1.96. The van der Waals surface area contributed by atoms with Crippen LogP contribution in [0.25, 0.3) is 0 Å². The van der Waals surface area contributed by atoms with Gasteiger partial charge in [0.05, 0.1) is 6.61 Å². The Hall–Kier alpha value is -0.690. The van der Waals surface area contributed by atoms with E-state index in [-0.39, 0.29) is 0 Å². The highest BCUT2D eigenvalue weighted by molar-refractivity contribution is 6.30. The Morgan fingerprint density at radius 3 is 2.40 bits per heavy atom. The van der Waals surface area contributed by atoms with Gasteiger partial charge in [0.15, 0.2) is 0 Å². The fourth-order valence-corrected chi connectivity index (χ4v) is 1.50. The molecule has 2 heteroatoms. The second kappa shape index (κ2) is 6.73. The van der Waals surface area contributed by atoms with Crippen molar-refractivity contribution in [1.82, 2.24) is 0 Å². The lowest BCUT2D eigenvalue weighted by Crippen LogP contribution is -1.98. The Bertz CT molecular complexity index is 266. The molecule has 0 saturated carbocycles. The van der Waals surface area contributed by atoms with E-state index in [1.807, 2.05) is 24.3 Å². The van der Waals surface area contributed by atoms with E-state index >= 15 is 0 Å². The van der Waals surface area contributed by atoms with Crippen LogP contribution < -0.4 is 4.74 Å². The molecule has 0 bridgehead atoms. The number of unbranched alkanes of at least 4 members (excludes halogenated alkanes) is 1. The summed E-state index contributed by atoms with van der Waals surface area (Å²) < 4.78 is 5.58. The molecule has 0 atom stereocenters. The summed E-state index contributed by atoms with van der Waals surface area (Å²) in [6.45, 7) is 5.30. The standard InChI is InChI=1S/C13H19ClO/c1-11(2)5-3-4-10-15-13-8-6-12(14)7-9-13/h6-9,11H,3-5,10H2,1-2H3. The van der Waals surface area contributed by atoms with Crippen molar-refractivity contribution in [2.24, 2.45) is 5.92 Å². The maximum atomic E-state index is 5.77. The van der Waals surface area contributed by atoms with E-state index in [4.69, 9.17) is 16.3 Å². The van der Waals surface area contributed by atoms with Crippen LogP contribution >= 0.6 is 11.6 Å². The van der Waals surface area contributed by atoms with Crippen LogP contribution in [0.1, 0.15) is 33.1 Å². The first-order chi connectivity index (χ1) is 7.18. The SMILES string of the molecule is CC(C)CCCCOc1ccc(Cl)cc1. The molecular formula is C13H19ClO. The first kappa shape index (κ1) is 12.4. The third kappa shape index (κ3) is 5.68. The van der Waals surface area contributed by atoms with Crippen LogP contribution in [-0.4, -0.2) is 6.61 Å². The lowest BCUT2D eigenvalue weighted by molar-refractivity contribution is 0.301. The number of hydrogen-bond donors (Lipinski definition) is 0. The summed E-state index contributed by atoms with van der Waals surface area (Å²) in [7, 11) is 0. The zero-order chi connectivity index (χ0) is 11.1. The molecule has 0 aliphatic carbocycles. The predicted octanol–water partition coefficient (Wildman–Crippen LogP) is 4.55. The average Bonchev–Trinajstić information content (AvgIpc) is 2.20. The van der Waals surface area contributed by atoms with Crippen LogP contribution in [-0.2, 0) is 0 Å². The Kier molecular flexibility index (Phi) is 5.56. The van der Waals surface area contributed by atoms with Crippen LogP contribution in [0, 0.1) is 5.92 Å². The van der Waals surface area contributed by atoms with Crippen LogP contribution in [0.3, 0.4) is 0 Å². The molecule has 1 aromatic rings. The number of rotatable bonds is 6. The van der Waals surface area contributed by atoms with Crippen molar-refractivity contribution in [3.8, 4) is 5.75 Å². The Balaban J connectivity index is 2.12. The van der Waals surface area contributed by atoms with Crippen LogP contribution in [0.4, 0.5) is 0 Å². The fraction of sp³-hybridized carbons (Fsp3) is 0.538. The average molecular weight is 227 g/mol. The van der Waals surface area contributed by atoms with Gasteiger partial charge in [-0.15, -0.1) is 0 Å². The molecule has 1 nitrogen and oxygen atoms in total. The predicted molar refractivity (Wildman–Crippen MR) is 65.6 cm³/mol. The van der Waals surface area contributed by atoms with Gasteiger partial charge in [-0.1, -0.05) is 31.9 Å². The second-order valence-electron chi connectivity index (χ2n) is 4.19. The van der Waals surface area contributed by atoms with Crippen molar-refractivity contribution in [2.45, 2.75) is 33.1 Å². The summed E-state index contributed by atoms with van der Waals surface area (Å²) >= 11 is 5.77. The van der Waals surface area contributed by atoms with Gasteiger partial charge in [0.2, 0.25) is 0 Å². The Labute approximate surface area is 97.4 Å². The van der Waals surface area contributed by atoms with Crippen molar-refractivity contribution in [3.63, 3.8) is 0 Å². The number of hydrogen-bond acceptors (Lipinski definition) is 1. The molecule has 1 aromatic carbocycles. The normalized spacial score (nSPS) is 10.7. The molecule has 0 unspecified atom stereocenters. The minimum Gasteiger partial charge on any atom is -0.494 e. The maximum absolute atomic E-state index is 5.77. The van der Waals surface area contributed by atoms with Crippen LogP contribution in [0.5, 0.6) is 5.75 Å². The molecule has 0 spiro atoms. The lowest BCUT2D eigenvalue weighted by Gasteiger charge is -2.07. The number of halogens is 1. The van der Waals surface area contributed by atoms with Crippen molar-refractivity contribution in [1.29, 1.82) is 0 Å². The van der Waals surface area contributed by atoms with Gasteiger partial charge < -0.3 is 4.74 Å².